The zero-order valence-electron chi connectivity index (χ0n) is 14.8. The summed E-state index contributed by atoms with van der Waals surface area (Å²) in [6, 6.07) is 8.39. The van der Waals surface area contributed by atoms with Crippen molar-refractivity contribution in [3.63, 3.8) is 0 Å². The van der Waals surface area contributed by atoms with E-state index in [1.807, 2.05) is 13.0 Å². The third-order valence-electron chi connectivity index (χ3n) is 4.04. The van der Waals surface area contributed by atoms with Crippen LogP contribution < -0.4 is 5.32 Å². The molecule has 1 aromatic rings. The summed E-state index contributed by atoms with van der Waals surface area (Å²) in [5, 5.41) is 2.84. The summed E-state index contributed by atoms with van der Waals surface area (Å²) >= 11 is 0. The van der Waals surface area contributed by atoms with Gasteiger partial charge in [-0.15, -0.1) is 0 Å². The van der Waals surface area contributed by atoms with Gasteiger partial charge in [0.25, 0.3) is 5.91 Å². The highest BCUT2D eigenvalue weighted by Crippen LogP contribution is 2.09. The Balaban J connectivity index is 2.58. The van der Waals surface area contributed by atoms with Crippen molar-refractivity contribution in [1.82, 2.24) is 5.32 Å². The quantitative estimate of drug-likeness (QED) is 0.627. The number of rotatable bonds is 12. The highest BCUT2D eigenvalue weighted by atomic mass is 16.2. The van der Waals surface area contributed by atoms with Crippen LogP contribution in [0, 0.1) is 0 Å². The van der Waals surface area contributed by atoms with Gasteiger partial charge in [-0.3, -0.25) is 14.4 Å². The molecule has 0 radical (unpaired) electrons. The van der Waals surface area contributed by atoms with E-state index in [4.69, 9.17) is 0 Å². The molecule has 0 saturated heterocycles. The van der Waals surface area contributed by atoms with E-state index in [0.29, 0.717) is 18.4 Å². The van der Waals surface area contributed by atoms with Gasteiger partial charge in [0.2, 0.25) is 0 Å². The zero-order valence-corrected chi connectivity index (χ0v) is 14.8. The first-order valence-corrected chi connectivity index (χ1v) is 8.98. The summed E-state index contributed by atoms with van der Waals surface area (Å²) in [6.45, 7) is 4.09. The SMILES string of the molecule is CCCCC(=O)CCC(=O)[C@H](CCCC)NC(=O)c1ccccc1. The molecule has 1 rings (SSSR count). The Labute approximate surface area is 145 Å². The van der Waals surface area contributed by atoms with Gasteiger partial charge in [-0.25, -0.2) is 0 Å². The molecule has 0 fully saturated rings. The first-order chi connectivity index (χ1) is 11.6. The fraction of sp³-hybridized carbons (Fsp3) is 0.550. The van der Waals surface area contributed by atoms with E-state index in [1.54, 1.807) is 24.3 Å². The van der Waals surface area contributed by atoms with Crippen molar-refractivity contribution in [2.45, 2.75) is 71.3 Å². The van der Waals surface area contributed by atoms with Crippen molar-refractivity contribution in [2.24, 2.45) is 0 Å². The lowest BCUT2D eigenvalue weighted by Gasteiger charge is -2.17. The average molecular weight is 331 g/mol. The van der Waals surface area contributed by atoms with Crippen molar-refractivity contribution in [3.8, 4) is 0 Å². The molecular weight excluding hydrogens is 302 g/mol. The van der Waals surface area contributed by atoms with E-state index < -0.39 is 6.04 Å². The Morgan fingerprint density at radius 3 is 2.21 bits per heavy atom. The summed E-state index contributed by atoms with van der Waals surface area (Å²) in [5.74, 6) is -0.145. The molecule has 0 saturated carbocycles. The third kappa shape index (κ3) is 7.53. The van der Waals surface area contributed by atoms with Gasteiger partial charge in [-0.1, -0.05) is 51.3 Å². The van der Waals surface area contributed by atoms with Gasteiger partial charge in [-0.2, -0.15) is 0 Å². The number of hydrogen-bond donors (Lipinski definition) is 1. The number of Topliss-reactive ketones (excluding diaryl/α,β-unsaturated/α-hetero) is 2. The lowest BCUT2D eigenvalue weighted by molar-refractivity contribution is -0.125. The lowest BCUT2D eigenvalue weighted by atomic mass is 9.99. The molecule has 4 heteroatoms. The Morgan fingerprint density at radius 2 is 1.58 bits per heavy atom. The molecule has 0 aromatic heterocycles. The monoisotopic (exact) mass is 331 g/mol. The highest BCUT2D eigenvalue weighted by molar-refractivity contribution is 5.98. The minimum absolute atomic E-state index is 0.0439. The van der Waals surface area contributed by atoms with E-state index in [-0.39, 0.29) is 30.3 Å². The molecule has 1 N–H and O–H groups in total. The molecule has 24 heavy (non-hydrogen) atoms. The lowest BCUT2D eigenvalue weighted by Crippen LogP contribution is -2.41. The van der Waals surface area contributed by atoms with Gasteiger partial charge >= 0.3 is 0 Å². The van der Waals surface area contributed by atoms with E-state index in [9.17, 15) is 14.4 Å². The van der Waals surface area contributed by atoms with Gasteiger partial charge in [0.05, 0.1) is 6.04 Å². The number of unbranched alkanes of at least 4 members (excludes halogenated alkanes) is 2. The number of ketones is 2. The Morgan fingerprint density at radius 1 is 0.917 bits per heavy atom. The third-order valence-corrected chi connectivity index (χ3v) is 4.04. The van der Waals surface area contributed by atoms with Gasteiger partial charge in [0.15, 0.2) is 5.78 Å². The van der Waals surface area contributed by atoms with Crippen LogP contribution in [0.1, 0.15) is 75.6 Å². The number of carbonyl (C=O) groups excluding carboxylic acids is 3. The van der Waals surface area contributed by atoms with Crippen molar-refractivity contribution in [3.05, 3.63) is 35.9 Å². The minimum atomic E-state index is -0.503. The minimum Gasteiger partial charge on any atom is -0.342 e. The molecule has 0 aliphatic heterocycles. The summed E-state index contributed by atoms with van der Waals surface area (Å²) < 4.78 is 0. The fourth-order valence-electron chi connectivity index (χ4n) is 2.49. The molecular formula is C20H29NO3. The predicted octanol–water partition coefficient (Wildman–Crippen LogP) is 4.08. The molecule has 0 aliphatic rings. The van der Waals surface area contributed by atoms with Crippen LogP contribution in [-0.4, -0.2) is 23.5 Å². The van der Waals surface area contributed by atoms with Crippen LogP contribution in [0.3, 0.4) is 0 Å². The second-order valence-corrected chi connectivity index (χ2v) is 6.14. The predicted molar refractivity (Wildman–Crippen MR) is 96.0 cm³/mol. The van der Waals surface area contributed by atoms with Gasteiger partial charge < -0.3 is 5.32 Å². The normalized spacial score (nSPS) is 11.8. The van der Waals surface area contributed by atoms with Crippen molar-refractivity contribution in [2.75, 3.05) is 0 Å². The Kier molecular flexibility index (Phi) is 9.66. The van der Waals surface area contributed by atoms with Crippen LogP contribution in [0.5, 0.6) is 0 Å². The first kappa shape index (κ1) is 20.1. The van der Waals surface area contributed by atoms with Gasteiger partial charge in [0, 0.05) is 24.8 Å². The summed E-state index contributed by atoms with van der Waals surface area (Å²) in [5.41, 5.74) is 0.547. The number of benzene rings is 1. The number of amides is 1. The Hall–Kier alpha value is -1.97. The fourth-order valence-corrected chi connectivity index (χ4v) is 2.49. The zero-order chi connectivity index (χ0) is 17.8. The second-order valence-electron chi connectivity index (χ2n) is 6.14. The van der Waals surface area contributed by atoms with Crippen LogP contribution in [0.4, 0.5) is 0 Å². The van der Waals surface area contributed by atoms with Gasteiger partial charge in [0.1, 0.15) is 5.78 Å². The molecule has 0 aliphatic carbocycles. The highest BCUT2D eigenvalue weighted by Gasteiger charge is 2.21. The second kappa shape index (κ2) is 11.5. The van der Waals surface area contributed by atoms with E-state index in [1.165, 1.54) is 0 Å². The molecule has 0 spiro atoms. The van der Waals surface area contributed by atoms with Crippen LogP contribution in [0.2, 0.25) is 0 Å². The summed E-state index contributed by atoms with van der Waals surface area (Å²) in [7, 11) is 0. The van der Waals surface area contributed by atoms with Crippen LogP contribution >= 0.6 is 0 Å². The molecule has 1 amide bonds. The Bertz CT molecular complexity index is 525. The smallest absolute Gasteiger partial charge is 0.251 e. The molecule has 0 bridgehead atoms. The summed E-state index contributed by atoms with van der Waals surface area (Å²) in [6.07, 6.45) is 5.34. The van der Waals surface area contributed by atoms with Gasteiger partial charge in [-0.05, 0) is 25.0 Å². The first-order valence-electron chi connectivity index (χ1n) is 8.98. The van der Waals surface area contributed by atoms with Crippen molar-refractivity contribution < 1.29 is 14.4 Å². The molecule has 0 heterocycles. The maximum absolute atomic E-state index is 12.4. The topological polar surface area (TPSA) is 63.2 Å². The number of hydrogen-bond acceptors (Lipinski definition) is 3. The van der Waals surface area contributed by atoms with Crippen LogP contribution in [0.15, 0.2) is 30.3 Å². The van der Waals surface area contributed by atoms with Crippen molar-refractivity contribution in [1.29, 1.82) is 0 Å². The number of nitrogens with one attached hydrogen (secondary N) is 1. The average Bonchev–Trinajstić information content (AvgIpc) is 2.61. The number of carbonyl (C=O) groups is 3. The van der Waals surface area contributed by atoms with Crippen LogP contribution in [-0.2, 0) is 9.59 Å². The molecule has 4 nitrogen and oxygen atoms in total. The standard InChI is InChI=1S/C20H29NO3/c1-3-5-12-17(22)14-15-19(23)18(13-6-4-2)21-20(24)16-10-8-7-9-11-16/h7-11,18H,3-6,12-15H2,1-2H3,(H,21,24)/t18-/m0/s1. The van der Waals surface area contributed by atoms with E-state index in [0.717, 1.165) is 25.7 Å². The molecule has 1 aromatic carbocycles. The maximum atomic E-state index is 12.4. The summed E-state index contributed by atoms with van der Waals surface area (Å²) in [4.78, 5) is 36.4. The molecule has 1 atom stereocenters. The van der Waals surface area contributed by atoms with E-state index >= 15 is 0 Å². The maximum Gasteiger partial charge on any atom is 0.251 e. The van der Waals surface area contributed by atoms with Crippen LogP contribution in [0.25, 0.3) is 0 Å². The molecule has 0 unspecified atom stereocenters. The van der Waals surface area contributed by atoms with Crippen molar-refractivity contribution >= 4 is 17.5 Å². The van der Waals surface area contributed by atoms with E-state index in [2.05, 4.69) is 12.2 Å². The molecule has 132 valence electrons. The largest absolute Gasteiger partial charge is 0.342 e.